The van der Waals surface area contributed by atoms with Crippen molar-refractivity contribution in [2.45, 2.75) is 19.9 Å². The van der Waals surface area contributed by atoms with Gasteiger partial charge in [-0.3, -0.25) is 4.98 Å². The predicted molar refractivity (Wildman–Crippen MR) is 46.6 cm³/mol. The first-order valence-electron chi connectivity index (χ1n) is 3.77. The van der Waals surface area contributed by atoms with Gasteiger partial charge >= 0.3 is 0 Å². The fourth-order valence-electron chi connectivity index (χ4n) is 0.792. The summed E-state index contributed by atoms with van der Waals surface area (Å²) in [6.45, 7) is 4.28. The molecule has 0 spiro atoms. The van der Waals surface area contributed by atoms with Gasteiger partial charge in [0.1, 0.15) is 6.20 Å². The number of hydrogen-bond donors (Lipinski definition) is 0. The maximum absolute atomic E-state index is 3.92. The molecule has 0 aliphatic carbocycles. The second-order valence-electron chi connectivity index (χ2n) is 2.84. The second kappa shape index (κ2) is 3.37. The van der Waals surface area contributed by atoms with Crippen molar-refractivity contribution in [1.82, 2.24) is 4.98 Å². The molecule has 59 valence electrons. The Labute approximate surface area is 67.9 Å². The summed E-state index contributed by atoms with van der Waals surface area (Å²) in [5.74, 6) is 0. The quantitative estimate of drug-likeness (QED) is 0.636. The van der Waals surface area contributed by atoms with Crippen LogP contribution in [0.15, 0.2) is 18.3 Å². The highest BCUT2D eigenvalue weighted by Crippen LogP contribution is 2.10. The number of aromatic nitrogens is 1. The van der Waals surface area contributed by atoms with E-state index in [1.54, 1.807) is 6.20 Å². The highest BCUT2D eigenvalue weighted by atomic mass is 15.1. The molecule has 0 N–H and O–H groups in total. The van der Waals surface area contributed by atoms with Gasteiger partial charge in [0.25, 0.3) is 0 Å². The molecular weight excluding hydrogens is 136 g/mol. The molecule has 0 aromatic carbocycles. The van der Waals surface area contributed by atoms with Crippen LogP contribution in [0.4, 0.5) is 5.69 Å². The summed E-state index contributed by atoms with van der Waals surface area (Å²) in [6, 6.07) is 4.42. The Morgan fingerprint density at radius 1 is 1.55 bits per heavy atom. The van der Waals surface area contributed by atoms with Crippen LogP contribution in [0.3, 0.4) is 0 Å². The standard InChI is InChI=1S/C9H13N2/c1-8(2)11(3)9-5-4-6-10-7-9/h4-6,8H,1-3H3. The van der Waals surface area contributed by atoms with E-state index in [-0.39, 0.29) is 0 Å². The molecule has 1 heterocycles. The lowest BCUT2D eigenvalue weighted by molar-refractivity contribution is 0.752. The van der Waals surface area contributed by atoms with Gasteiger partial charge in [0.2, 0.25) is 0 Å². The van der Waals surface area contributed by atoms with Crippen LogP contribution in [0, 0.1) is 6.20 Å². The van der Waals surface area contributed by atoms with E-state index in [0.29, 0.717) is 6.04 Å². The van der Waals surface area contributed by atoms with E-state index in [2.05, 4.69) is 29.9 Å². The molecule has 0 saturated heterocycles. The first-order valence-corrected chi connectivity index (χ1v) is 3.77. The summed E-state index contributed by atoms with van der Waals surface area (Å²) >= 11 is 0. The molecule has 2 heteroatoms. The van der Waals surface area contributed by atoms with E-state index in [0.717, 1.165) is 5.69 Å². The summed E-state index contributed by atoms with van der Waals surface area (Å²) in [5, 5.41) is 0. The van der Waals surface area contributed by atoms with Crippen LogP contribution < -0.4 is 4.90 Å². The molecular formula is C9H13N2. The van der Waals surface area contributed by atoms with E-state index in [1.807, 2.05) is 19.2 Å². The fourth-order valence-corrected chi connectivity index (χ4v) is 0.792. The fraction of sp³-hybridized carbons (Fsp3) is 0.444. The van der Waals surface area contributed by atoms with Crippen LogP contribution in [0.1, 0.15) is 13.8 Å². The average Bonchev–Trinajstić information content (AvgIpc) is 2.05. The summed E-state index contributed by atoms with van der Waals surface area (Å²) in [4.78, 5) is 6.05. The zero-order chi connectivity index (χ0) is 8.27. The second-order valence-corrected chi connectivity index (χ2v) is 2.84. The van der Waals surface area contributed by atoms with Crippen LogP contribution in [0.5, 0.6) is 0 Å². The topological polar surface area (TPSA) is 16.1 Å². The van der Waals surface area contributed by atoms with E-state index in [4.69, 9.17) is 0 Å². The van der Waals surface area contributed by atoms with Crippen LogP contribution in [-0.2, 0) is 0 Å². The first kappa shape index (κ1) is 8.05. The van der Waals surface area contributed by atoms with Gasteiger partial charge in [0, 0.05) is 19.3 Å². The Balaban J connectivity index is 2.77. The molecule has 0 aliphatic heterocycles. The van der Waals surface area contributed by atoms with Gasteiger partial charge in [-0.25, -0.2) is 0 Å². The third kappa shape index (κ3) is 1.93. The van der Waals surface area contributed by atoms with Gasteiger partial charge in [-0.1, -0.05) is 0 Å². The van der Waals surface area contributed by atoms with Crippen molar-refractivity contribution in [2.75, 3.05) is 11.9 Å². The molecule has 1 aromatic heterocycles. The van der Waals surface area contributed by atoms with E-state index in [1.165, 1.54) is 0 Å². The van der Waals surface area contributed by atoms with Crippen LogP contribution >= 0.6 is 0 Å². The molecule has 1 radical (unpaired) electrons. The molecule has 0 unspecified atom stereocenters. The normalized spacial score (nSPS) is 10.2. The SMILES string of the molecule is CC(C)N(C)c1[c]nccc1. The molecule has 2 nitrogen and oxygen atoms in total. The molecule has 0 amide bonds. The van der Waals surface area contributed by atoms with Gasteiger partial charge in [-0.2, -0.15) is 0 Å². The number of hydrogen-bond acceptors (Lipinski definition) is 2. The summed E-state index contributed by atoms with van der Waals surface area (Å²) in [5.41, 5.74) is 1.04. The monoisotopic (exact) mass is 149 g/mol. The lowest BCUT2D eigenvalue weighted by atomic mass is 10.3. The number of rotatable bonds is 2. The molecule has 0 fully saturated rings. The molecule has 11 heavy (non-hydrogen) atoms. The van der Waals surface area contributed by atoms with Gasteiger partial charge in [0.05, 0.1) is 5.69 Å². The minimum atomic E-state index is 0.496. The number of anilines is 1. The molecule has 0 atom stereocenters. The lowest BCUT2D eigenvalue weighted by Gasteiger charge is -2.22. The smallest absolute Gasteiger partial charge is 0.114 e. The zero-order valence-electron chi connectivity index (χ0n) is 7.20. The molecule has 1 rings (SSSR count). The minimum absolute atomic E-state index is 0.496. The largest absolute Gasteiger partial charge is 0.370 e. The zero-order valence-corrected chi connectivity index (χ0v) is 7.20. The number of nitrogens with zero attached hydrogens (tertiary/aromatic N) is 2. The first-order chi connectivity index (χ1) is 5.22. The lowest BCUT2D eigenvalue weighted by Crippen LogP contribution is -2.25. The average molecular weight is 149 g/mol. The van der Waals surface area contributed by atoms with Crippen molar-refractivity contribution in [2.24, 2.45) is 0 Å². The Kier molecular flexibility index (Phi) is 2.47. The van der Waals surface area contributed by atoms with Crippen LogP contribution in [0.2, 0.25) is 0 Å². The minimum Gasteiger partial charge on any atom is -0.370 e. The van der Waals surface area contributed by atoms with Crippen molar-refractivity contribution in [3.63, 3.8) is 0 Å². The highest BCUT2D eigenvalue weighted by Gasteiger charge is 2.03. The Morgan fingerprint density at radius 2 is 2.27 bits per heavy atom. The van der Waals surface area contributed by atoms with Crippen molar-refractivity contribution in [1.29, 1.82) is 0 Å². The van der Waals surface area contributed by atoms with Crippen molar-refractivity contribution in [3.05, 3.63) is 24.5 Å². The third-order valence-electron chi connectivity index (χ3n) is 1.75. The maximum atomic E-state index is 3.92. The predicted octanol–water partition coefficient (Wildman–Crippen LogP) is 1.73. The highest BCUT2D eigenvalue weighted by molar-refractivity contribution is 5.42. The summed E-state index contributed by atoms with van der Waals surface area (Å²) in [6.07, 6.45) is 4.66. The molecule has 1 aromatic rings. The van der Waals surface area contributed by atoms with Crippen LogP contribution in [0.25, 0.3) is 0 Å². The summed E-state index contributed by atoms with van der Waals surface area (Å²) in [7, 11) is 2.04. The third-order valence-corrected chi connectivity index (χ3v) is 1.75. The maximum Gasteiger partial charge on any atom is 0.114 e. The van der Waals surface area contributed by atoms with Gasteiger partial charge in [-0.15, -0.1) is 0 Å². The van der Waals surface area contributed by atoms with Gasteiger partial charge in [0.15, 0.2) is 0 Å². The van der Waals surface area contributed by atoms with E-state index in [9.17, 15) is 0 Å². The van der Waals surface area contributed by atoms with Gasteiger partial charge in [-0.05, 0) is 26.0 Å². The van der Waals surface area contributed by atoms with Crippen LogP contribution in [-0.4, -0.2) is 18.1 Å². The molecule has 0 saturated carbocycles. The van der Waals surface area contributed by atoms with Crippen molar-refractivity contribution < 1.29 is 0 Å². The van der Waals surface area contributed by atoms with Gasteiger partial charge < -0.3 is 4.90 Å². The Hall–Kier alpha value is -1.05. The molecule has 0 aliphatic rings. The van der Waals surface area contributed by atoms with Crippen molar-refractivity contribution >= 4 is 5.69 Å². The number of pyridine rings is 1. The Morgan fingerprint density at radius 3 is 2.73 bits per heavy atom. The Bertz CT molecular complexity index is 206. The van der Waals surface area contributed by atoms with E-state index >= 15 is 0 Å². The van der Waals surface area contributed by atoms with Crippen molar-refractivity contribution in [3.8, 4) is 0 Å². The van der Waals surface area contributed by atoms with E-state index < -0.39 is 0 Å². The summed E-state index contributed by atoms with van der Waals surface area (Å²) < 4.78 is 0. The molecule has 0 bridgehead atoms.